The minimum Gasteiger partial charge on any atom is -0.481 e. The zero-order chi connectivity index (χ0) is 38.6. The van der Waals surface area contributed by atoms with E-state index in [0.717, 1.165) is 32.0 Å². The normalized spacial score (nSPS) is 11.9. The lowest BCUT2D eigenvalue weighted by Crippen LogP contribution is -2.17. The summed E-state index contributed by atoms with van der Waals surface area (Å²) in [6, 6.07) is 36.8. The molecule has 1 aliphatic carbocycles. The van der Waals surface area contributed by atoms with Gasteiger partial charge in [0.15, 0.2) is 5.65 Å². The SMILES string of the molecule is COc1ccc(NC(=O)c2ccc(Sc3ccc(NC(=O)OCC4c5ccccc5-c5ccccc54)cc3)c(Nc3ncnc4nc(C(C)C)ccc34)c2)cn1. The lowest BCUT2D eigenvalue weighted by atomic mass is 9.98. The van der Waals surface area contributed by atoms with Gasteiger partial charge < -0.3 is 20.1 Å². The molecule has 11 nitrogen and oxygen atoms in total. The van der Waals surface area contributed by atoms with Crippen molar-refractivity contribution in [1.29, 1.82) is 0 Å². The molecule has 0 spiro atoms. The van der Waals surface area contributed by atoms with E-state index < -0.39 is 6.09 Å². The summed E-state index contributed by atoms with van der Waals surface area (Å²) in [7, 11) is 1.54. The quantitative estimate of drug-likeness (QED) is 0.117. The molecule has 56 heavy (non-hydrogen) atoms. The van der Waals surface area contributed by atoms with Gasteiger partial charge in [-0.3, -0.25) is 10.1 Å². The van der Waals surface area contributed by atoms with Gasteiger partial charge in [0.2, 0.25) is 5.88 Å². The third-order valence-electron chi connectivity index (χ3n) is 9.48. The van der Waals surface area contributed by atoms with Crippen molar-refractivity contribution >= 4 is 57.7 Å². The van der Waals surface area contributed by atoms with E-state index in [1.807, 2.05) is 66.7 Å². The Hall–Kier alpha value is -6.79. The Balaban J connectivity index is 0.993. The van der Waals surface area contributed by atoms with Crippen molar-refractivity contribution in [3.63, 3.8) is 0 Å². The number of hydrogen-bond donors (Lipinski definition) is 3. The number of rotatable bonds is 11. The van der Waals surface area contributed by atoms with Crippen molar-refractivity contribution < 1.29 is 19.1 Å². The van der Waals surface area contributed by atoms with E-state index in [0.29, 0.717) is 40.0 Å². The van der Waals surface area contributed by atoms with Crippen LogP contribution in [-0.2, 0) is 4.74 Å². The summed E-state index contributed by atoms with van der Waals surface area (Å²) in [6.07, 6.45) is 2.49. The first kappa shape index (κ1) is 36.2. The number of methoxy groups -OCH3 is 1. The van der Waals surface area contributed by atoms with Crippen molar-refractivity contribution in [1.82, 2.24) is 19.9 Å². The highest BCUT2D eigenvalue weighted by Gasteiger charge is 2.29. The maximum absolute atomic E-state index is 13.4. The first-order valence-corrected chi connectivity index (χ1v) is 18.9. The van der Waals surface area contributed by atoms with Crippen LogP contribution in [0.2, 0.25) is 0 Å². The van der Waals surface area contributed by atoms with E-state index >= 15 is 0 Å². The average Bonchev–Trinajstić information content (AvgIpc) is 3.55. The van der Waals surface area contributed by atoms with Gasteiger partial charge in [0.05, 0.1) is 30.1 Å². The van der Waals surface area contributed by atoms with Gasteiger partial charge in [-0.1, -0.05) is 74.1 Å². The van der Waals surface area contributed by atoms with Crippen LogP contribution in [0.5, 0.6) is 5.88 Å². The van der Waals surface area contributed by atoms with E-state index in [-0.39, 0.29) is 24.3 Å². The van der Waals surface area contributed by atoms with Crippen molar-refractivity contribution in [3.8, 4) is 17.0 Å². The Kier molecular flexibility index (Phi) is 10.3. The van der Waals surface area contributed by atoms with Crippen LogP contribution < -0.4 is 20.7 Å². The predicted molar refractivity (Wildman–Crippen MR) is 219 cm³/mol. The molecule has 3 aromatic heterocycles. The molecule has 0 bridgehead atoms. The van der Waals surface area contributed by atoms with Gasteiger partial charge in [0, 0.05) is 38.7 Å². The van der Waals surface area contributed by atoms with Crippen LogP contribution in [0.3, 0.4) is 0 Å². The molecule has 0 saturated heterocycles. The fraction of sp³-hybridized carbons (Fsp3) is 0.136. The number of aromatic nitrogens is 4. The summed E-state index contributed by atoms with van der Waals surface area (Å²) in [5.41, 5.74) is 8.39. The third kappa shape index (κ3) is 7.73. The largest absolute Gasteiger partial charge is 0.481 e. The number of nitrogens with one attached hydrogen (secondary N) is 3. The molecule has 7 aromatic rings. The number of nitrogens with zero attached hydrogens (tertiary/aromatic N) is 4. The summed E-state index contributed by atoms with van der Waals surface area (Å²) in [5, 5.41) is 9.96. The predicted octanol–water partition coefficient (Wildman–Crippen LogP) is 10.1. The molecular weight excluding hydrogens is 723 g/mol. The second-order valence-electron chi connectivity index (χ2n) is 13.4. The van der Waals surface area contributed by atoms with Crippen molar-refractivity contribution in [3.05, 3.63) is 150 Å². The Bertz CT molecular complexity index is 2520. The van der Waals surface area contributed by atoms with Crippen LogP contribution in [0.25, 0.3) is 22.2 Å². The summed E-state index contributed by atoms with van der Waals surface area (Å²) in [6.45, 7) is 4.40. The number of amides is 2. The second-order valence-corrected chi connectivity index (χ2v) is 14.6. The molecule has 3 N–H and O–H groups in total. The van der Waals surface area contributed by atoms with E-state index in [2.05, 4.69) is 69.0 Å². The van der Waals surface area contributed by atoms with Gasteiger partial charge in [-0.2, -0.15) is 0 Å². The van der Waals surface area contributed by atoms with E-state index in [1.165, 1.54) is 42.5 Å². The summed E-state index contributed by atoms with van der Waals surface area (Å²) in [5.74, 6) is 0.908. The Labute approximate surface area is 328 Å². The number of hydrogen-bond acceptors (Lipinski definition) is 10. The molecule has 4 aromatic carbocycles. The number of anilines is 4. The highest BCUT2D eigenvalue weighted by atomic mass is 32.2. The van der Waals surface area contributed by atoms with Crippen LogP contribution >= 0.6 is 11.8 Å². The first-order valence-electron chi connectivity index (χ1n) is 18.1. The lowest BCUT2D eigenvalue weighted by Gasteiger charge is -2.16. The lowest BCUT2D eigenvalue weighted by molar-refractivity contribution is 0.102. The minimum atomic E-state index is -0.523. The Morgan fingerprint density at radius 2 is 1.52 bits per heavy atom. The molecule has 8 rings (SSSR count). The number of carbonyl (C=O) groups is 2. The molecule has 3 heterocycles. The number of ether oxygens (including phenoxy) is 2. The number of pyridine rings is 2. The third-order valence-corrected chi connectivity index (χ3v) is 10.6. The first-order chi connectivity index (χ1) is 27.3. The number of carbonyl (C=O) groups excluding carboxylic acids is 2. The molecule has 0 atom stereocenters. The van der Waals surface area contributed by atoms with Gasteiger partial charge in [0.1, 0.15) is 18.8 Å². The van der Waals surface area contributed by atoms with Crippen LogP contribution in [-0.4, -0.2) is 45.7 Å². The number of fused-ring (bicyclic) bond motifs is 4. The highest BCUT2D eigenvalue weighted by Crippen LogP contribution is 2.44. The molecule has 12 heteroatoms. The smallest absolute Gasteiger partial charge is 0.411 e. The zero-order valence-electron chi connectivity index (χ0n) is 30.8. The fourth-order valence-electron chi connectivity index (χ4n) is 6.63. The van der Waals surface area contributed by atoms with Crippen LogP contribution in [0.4, 0.5) is 27.7 Å². The van der Waals surface area contributed by atoms with Gasteiger partial charge in [-0.15, -0.1) is 0 Å². The van der Waals surface area contributed by atoms with Crippen molar-refractivity contribution in [2.75, 3.05) is 29.7 Å². The van der Waals surface area contributed by atoms with E-state index in [4.69, 9.17) is 14.5 Å². The molecular formula is C44H37N7O4S. The molecule has 278 valence electrons. The molecule has 0 fully saturated rings. The monoisotopic (exact) mass is 759 g/mol. The number of benzene rings is 4. The Morgan fingerprint density at radius 1 is 0.786 bits per heavy atom. The van der Waals surface area contributed by atoms with Crippen LogP contribution in [0.15, 0.2) is 138 Å². The zero-order valence-corrected chi connectivity index (χ0v) is 31.6. The molecule has 0 aliphatic heterocycles. The maximum Gasteiger partial charge on any atom is 0.411 e. The van der Waals surface area contributed by atoms with Crippen LogP contribution in [0.1, 0.15) is 52.9 Å². The second kappa shape index (κ2) is 15.9. The van der Waals surface area contributed by atoms with Crippen LogP contribution in [0, 0.1) is 0 Å². The van der Waals surface area contributed by atoms with Crippen molar-refractivity contribution in [2.45, 2.75) is 35.5 Å². The molecule has 0 unspecified atom stereocenters. The van der Waals surface area contributed by atoms with Crippen molar-refractivity contribution in [2.24, 2.45) is 0 Å². The van der Waals surface area contributed by atoms with Gasteiger partial charge in [-0.25, -0.2) is 24.7 Å². The Morgan fingerprint density at radius 3 is 2.21 bits per heavy atom. The standard InChI is InChI=1S/C44H37N7O4S/c1-26(2)37-19-18-35-41(50-37)46-25-47-42(35)51-38-22-27(43(52)48-29-15-21-40(54-3)45-23-29)12-20-39(38)56-30-16-13-28(14-17-30)49-44(53)55-24-36-33-10-6-4-8-31(33)32-9-5-7-11-34(32)36/h4-23,25-26,36H,24H2,1-3H3,(H,48,52)(H,49,53)(H,46,47,50,51). The minimum absolute atomic E-state index is 0.0271. The molecule has 0 radical (unpaired) electrons. The summed E-state index contributed by atoms with van der Waals surface area (Å²) >= 11 is 1.49. The van der Waals surface area contributed by atoms with E-state index in [1.54, 1.807) is 24.3 Å². The van der Waals surface area contributed by atoms with Gasteiger partial charge in [-0.05, 0) is 88.8 Å². The molecule has 1 aliphatic rings. The van der Waals surface area contributed by atoms with Gasteiger partial charge >= 0.3 is 6.09 Å². The van der Waals surface area contributed by atoms with Gasteiger partial charge in [0.25, 0.3) is 5.91 Å². The molecule has 2 amide bonds. The highest BCUT2D eigenvalue weighted by molar-refractivity contribution is 7.99. The maximum atomic E-state index is 13.4. The average molecular weight is 760 g/mol. The fourth-order valence-corrected chi connectivity index (χ4v) is 7.51. The molecule has 0 saturated carbocycles. The summed E-state index contributed by atoms with van der Waals surface area (Å²) in [4.78, 5) is 46.0. The van der Waals surface area contributed by atoms with E-state index in [9.17, 15) is 9.59 Å². The topological polar surface area (TPSA) is 140 Å². The summed E-state index contributed by atoms with van der Waals surface area (Å²) < 4.78 is 10.9.